The highest BCUT2D eigenvalue weighted by Crippen LogP contribution is 2.28. The molecule has 4 nitrogen and oxygen atoms in total. The van der Waals surface area contributed by atoms with Crippen molar-refractivity contribution in [1.29, 1.82) is 0 Å². The van der Waals surface area contributed by atoms with Gasteiger partial charge in [0.05, 0.1) is 5.60 Å². The summed E-state index contributed by atoms with van der Waals surface area (Å²) in [6.45, 7) is 3.98. The van der Waals surface area contributed by atoms with Gasteiger partial charge in [-0.15, -0.1) is 0 Å². The summed E-state index contributed by atoms with van der Waals surface area (Å²) < 4.78 is 0. The number of nitrogens with two attached hydrogens (primary N) is 1. The summed E-state index contributed by atoms with van der Waals surface area (Å²) in [7, 11) is 0. The van der Waals surface area contributed by atoms with Crippen LogP contribution in [0.2, 0.25) is 0 Å². The molecule has 4 N–H and O–H groups in total. The second-order valence-corrected chi connectivity index (χ2v) is 4.80. The highest BCUT2D eigenvalue weighted by atomic mass is 16.3. The first-order valence-electron chi connectivity index (χ1n) is 5.70. The fourth-order valence-electron chi connectivity index (χ4n) is 1.86. The Morgan fingerprint density at radius 1 is 1.47 bits per heavy atom. The summed E-state index contributed by atoms with van der Waals surface area (Å²) in [6.07, 6.45) is 3.68. The average Bonchev–Trinajstić information content (AvgIpc) is 2.61. The van der Waals surface area contributed by atoms with Gasteiger partial charge in [0.15, 0.2) is 0 Å². The van der Waals surface area contributed by atoms with Crippen LogP contribution in [0.25, 0.3) is 0 Å². The van der Waals surface area contributed by atoms with Gasteiger partial charge >= 0.3 is 0 Å². The van der Waals surface area contributed by atoms with E-state index in [9.17, 15) is 9.90 Å². The van der Waals surface area contributed by atoms with Crippen LogP contribution >= 0.6 is 0 Å². The van der Waals surface area contributed by atoms with Crippen LogP contribution < -0.4 is 11.1 Å². The Kier molecular flexibility index (Phi) is 4.11. The number of nitrogens with one attached hydrogen (secondary N) is 1. The zero-order chi connectivity index (χ0) is 11.5. The third kappa shape index (κ3) is 3.47. The second kappa shape index (κ2) is 4.94. The number of aliphatic hydroxyl groups is 1. The van der Waals surface area contributed by atoms with Crippen LogP contribution in [0.5, 0.6) is 0 Å². The van der Waals surface area contributed by atoms with Gasteiger partial charge in [-0.05, 0) is 19.8 Å². The number of carbonyl (C=O) groups is 1. The summed E-state index contributed by atoms with van der Waals surface area (Å²) in [4.78, 5) is 11.6. The van der Waals surface area contributed by atoms with Crippen molar-refractivity contribution in [3.8, 4) is 0 Å². The van der Waals surface area contributed by atoms with E-state index in [2.05, 4.69) is 5.32 Å². The molecule has 0 aromatic carbocycles. The van der Waals surface area contributed by atoms with Crippen molar-refractivity contribution in [2.24, 2.45) is 11.7 Å². The van der Waals surface area contributed by atoms with Crippen molar-refractivity contribution in [3.63, 3.8) is 0 Å². The summed E-state index contributed by atoms with van der Waals surface area (Å²) >= 11 is 0. The van der Waals surface area contributed by atoms with E-state index in [1.807, 2.05) is 6.92 Å². The van der Waals surface area contributed by atoms with Crippen LogP contribution in [-0.4, -0.2) is 29.2 Å². The van der Waals surface area contributed by atoms with E-state index in [1.54, 1.807) is 6.92 Å². The molecule has 0 aliphatic heterocycles. The highest BCUT2D eigenvalue weighted by molar-refractivity contribution is 5.78. The number of hydrogen-bond acceptors (Lipinski definition) is 3. The Labute approximate surface area is 91.2 Å². The minimum Gasteiger partial charge on any atom is -0.388 e. The fourth-order valence-corrected chi connectivity index (χ4v) is 1.86. The van der Waals surface area contributed by atoms with E-state index in [4.69, 9.17) is 5.73 Å². The van der Waals surface area contributed by atoms with Gasteiger partial charge in [0.2, 0.25) is 5.91 Å². The number of carbonyl (C=O) groups excluding carboxylic acids is 1. The third-order valence-corrected chi connectivity index (χ3v) is 3.33. The molecular weight excluding hydrogens is 192 g/mol. The Morgan fingerprint density at radius 3 is 2.47 bits per heavy atom. The Morgan fingerprint density at radius 2 is 2.00 bits per heavy atom. The quantitative estimate of drug-likeness (QED) is 0.633. The van der Waals surface area contributed by atoms with E-state index in [1.165, 1.54) is 0 Å². The first kappa shape index (κ1) is 12.5. The molecule has 4 heteroatoms. The normalized spacial score (nSPS) is 23.5. The zero-order valence-corrected chi connectivity index (χ0v) is 9.62. The van der Waals surface area contributed by atoms with Crippen LogP contribution in [0, 0.1) is 5.92 Å². The van der Waals surface area contributed by atoms with Crippen molar-refractivity contribution >= 4 is 5.91 Å². The first-order valence-corrected chi connectivity index (χ1v) is 5.70. The minimum absolute atomic E-state index is 0.0645. The molecule has 0 aromatic heterocycles. The number of amides is 1. The summed E-state index contributed by atoms with van der Waals surface area (Å²) in [6, 6.07) is -0.150. The fraction of sp³-hybridized carbons (Fsp3) is 0.909. The molecule has 1 aliphatic carbocycles. The molecule has 1 saturated carbocycles. The molecule has 0 saturated heterocycles. The van der Waals surface area contributed by atoms with E-state index < -0.39 is 5.60 Å². The van der Waals surface area contributed by atoms with Crippen molar-refractivity contribution < 1.29 is 9.90 Å². The van der Waals surface area contributed by atoms with E-state index >= 15 is 0 Å². The molecule has 88 valence electrons. The molecule has 0 aromatic rings. The van der Waals surface area contributed by atoms with Gasteiger partial charge in [-0.2, -0.15) is 0 Å². The van der Waals surface area contributed by atoms with Gasteiger partial charge < -0.3 is 16.2 Å². The predicted molar refractivity (Wildman–Crippen MR) is 59.2 cm³/mol. The summed E-state index contributed by atoms with van der Waals surface area (Å²) in [5.74, 6) is -0.264. The van der Waals surface area contributed by atoms with Gasteiger partial charge in [0, 0.05) is 18.5 Å². The lowest BCUT2D eigenvalue weighted by atomic mass is 10.0. The maximum Gasteiger partial charge on any atom is 0.224 e. The number of rotatable bonds is 4. The summed E-state index contributed by atoms with van der Waals surface area (Å²) in [5.41, 5.74) is 4.96. The first-order chi connectivity index (χ1) is 6.94. The van der Waals surface area contributed by atoms with E-state index in [0.29, 0.717) is 6.54 Å². The maximum absolute atomic E-state index is 11.6. The lowest BCUT2D eigenvalue weighted by Gasteiger charge is -2.24. The van der Waals surface area contributed by atoms with E-state index in [0.717, 1.165) is 25.7 Å². The van der Waals surface area contributed by atoms with Gasteiger partial charge in [0.25, 0.3) is 0 Å². The molecule has 1 fully saturated rings. The molecule has 15 heavy (non-hydrogen) atoms. The molecule has 1 aliphatic rings. The predicted octanol–water partition coefficient (Wildman–Crippen LogP) is 0.391. The summed E-state index contributed by atoms with van der Waals surface area (Å²) in [5, 5.41) is 12.8. The monoisotopic (exact) mass is 214 g/mol. The van der Waals surface area contributed by atoms with Crippen LogP contribution in [0.3, 0.4) is 0 Å². The Hall–Kier alpha value is -0.610. The van der Waals surface area contributed by atoms with E-state index in [-0.39, 0.29) is 17.9 Å². The standard InChI is InChI=1S/C11H22N2O2/c1-8(9(2)12)10(14)13-7-11(15)5-3-4-6-11/h8-9,15H,3-7,12H2,1-2H3,(H,13,14). The van der Waals surface area contributed by atoms with Gasteiger partial charge in [-0.3, -0.25) is 4.79 Å². The maximum atomic E-state index is 11.6. The molecule has 0 heterocycles. The molecule has 0 bridgehead atoms. The van der Waals surface area contributed by atoms with Crippen LogP contribution in [-0.2, 0) is 4.79 Å². The van der Waals surface area contributed by atoms with Crippen LogP contribution in [0.15, 0.2) is 0 Å². The largest absolute Gasteiger partial charge is 0.388 e. The van der Waals surface area contributed by atoms with Crippen LogP contribution in [0.4, 0.5) is 0 Å². The van der Waals surface area contributed by atoms with Gasteiger partial charge in [-0.25, -0.2) is 0 Å². The SMILES string of the molecule is CC(N)C(C)C(=O)NCC1(O)CCCC1. The van der Waals surface area contributed by atoms with Crippen molar-refractivity contribution in [3.05, 3.63) is 0 Å². The molecule has 2 unspecified atom stereocenters. The lowest BCUT2D eigenvalue weighted by Crippen LogP contribution is -2.45. The van der Waals surface area contributed by atoms with Crippen molar-refractivity contribution in [1.82, 2.24) is 5.32 Å². The second-order valence-electron chi connectivity index (χ2n) is 4.80. The third-order valence-electron chi connectivity index (χ3n) is 3.33. The molecule has 1 amide bonds. The smallest absolute Gasteiger partial charge is 0.224 e. The van der Waals surface area contributed by atoms with Crippen LogP contribution in [0.1, 0.15) is 39.5 Å². The molecule has 0 radical (unpaired) electrons. The zero-order valence-electron chi connectivity index (χ0n) is 9.62. The molecule has 0 spiro atoms. The lowest BCUT2D eigenvalue weighted by molar-refractivity contribution is -0.126. The van der Waals surface area contributed by atoms with Crippen molar-refractivity contribution in [2.75, 3.05) is 6.54 Å². The highest BCUT2D eigenvalue weighted by Gasteiger charge is 2.31. The van der Waals surface area contributed by atoms with Crippen molar-refractivity contribution in [2.45, 2.75) is 51.2 Å². The Bertz CT molecular complexity index is 223. The molecule has 2 atom stereocenters. The average molecular weight is 214 g/mol. The molecular formula is C11H22N2O2. The Balaban J connectivity index is 2.33. The minimum atomic E-state index is -0.673. The topological polar surface area (TPSA) is 75.4 Å². The van der Waals surface area contributed by atoms with Gasteiger partial charge in [-0.1, -0.05) is 19.8 Å². The van der Waals surface area contributed by atoms with Gasteiger partial charge in [0.1, 0.15) is 0 Å². The molecule has 1 rings (SSSR count). The number of hydrogen-bond donors (Lipinski definition) is 3.